The number of allylic oxidation sites excluding steroid dienone is 2. The molecule has 0 aromatic carbocycles. The minimum Gasteiger partial charge on any atom is -0.463 e. The van der Waals surface area contributed by atoms with Crippen LogP contribution in [0.1, 0.15) is 13.8 Å². The molecule has 0 saturated carbocycles. The van der Waals surface area contributed by atoms with E-state index in [4.69, 9.17) is 5.21 Å². The molecule has 0 saturated heterocycles. The van der Waals surface area contributed by atoms with Gasteiger partial charge >= 0.3 is 11.9 Å². The molecule has 0 aliphatic carbocycles. The van der Waals surface area contributed by atoms with E-state index in [9.17, 15) is 9.59 Å². The summed E-state index contributed by atoms with van der Waals surface area (Å²) >= 11 is 0. The Balaban J connectivity index is 4.36. The van der Waals surface area contributed by atoms with Gasteiger partial charge in [-0.15, -0.1) is 0 Å². The lowest BCUT2D eigenvalue weighted by molar-refractivity contribution is -0.138. The zero-order valence-electron chi connectivity index (χ0n) is 9.75. The first-order valence-electron chi connectivity index (χ1n) is 5.05. The number of oxime groups is 1. The van der Waals surface area contributed by atoms with Gasteiger partial charge in [0.15, 0.2) is 0 Å². The van der Waals surface area contributed by atoms with Crippen molar-refractivity contribution >= 4 is 17.7 Å². The fraction of sp³-hybridized carbons (Fsp3) is 0.364. The van der Waals surface area contributed by atoms with Gasteiger partial charge in [0.05, 0.1) is 13.2 Å². The molecule has 6 nitrogen and oxygen atoms in total. The SMILES string of the molecule is CCOC(=O)/C=C/C(/C=C/C(=O)OCC)=NO. The van der Waals surface area contributed by atoms with Gasteiger partial charge in [-0.2, -0.15) is 0 Å². The molecule has 0 heterocycles. The summed E-state index contributed by atoms with van der Waals surface area (Å²) in [5.74, 6) is -1.11. The van der Waals surface area contributed by atoms with Crippen molar-refractivity contribution in [3.05, 3.63) is 24.3 Å². The van der Waals surface area contributed by atoms with E-state index in [0.717, 1.165) is 12.2 Å². The Kier molecular flexibility index (Phi) is 8.01. The van der Waals surface area contributed by atoms with Gasteiger partial charge in [0.25, 0.3) is 0 Å². The third-order valence-electron chi connectivity index (χ3n) is 1.47. The lowest BCUT2D eigenvalue weighted by Gasteiger charge is -1.95. The molecule has 0 aromatic rings. The highest BCUT2D eigenvalue weighted by atomic mass is 16.5. The molecule has 17 heavy (non-hydrogen) atoms. The van der Waals surface area contributed by atoms with E-state index in [1.807, 2.05) is 0 Å². The first-order valence-corrected chi connectivity index (χ1v) is 5.05. The van der Waals surface area contributed by atoms with Crippen molar-refractivity contribution < 1.29 is 24.3 Å². The topological polar surface area (TPSA) is 85.2 Å². The molecule has 0 bridgehead atoms. The molecule has 94 valence electrons. The highest BCUT2D eigenvalue weighted by Crippen LogP contribution is 1.89. The van der Waals surface area contributed by atoms with Crippen molar-refractivity contribution in [2.45, 2.75) is 13.8 Å². The molecular weight excluding hydrogens is 226 g/mol. The Bertz CT molecular complexity index is 314. The quantitative estimate of drug-likeness (QED) is 0.247. The summed E-state index contributed by atoms with van der Waals surface area (Å²) in [4.78, 5) is 21.9. The average Bonchev–Trinajstić information content (AvgIpc) is 2.30. The van der Waals surface area contributed by atoms with Crippen molar-refractivity contribution in [2.75, 3.05) is 13.2 Å². The normalized spacial score (nSPS) is 10.5. The monoisotopic (exact) mass is 241 g/mol. The lowest BCUT2D eigenvalue weighted by atomic mass is 10.3. The van der Waals surface area contributed by atoms with Crippen LogP contribution in [0, 0.1) is 0 Å². The second-order valence-electron chi connectivity index (χ2n) is 2.70. The molecule has 0 radical (unpaired) electrons. The number of esters is 2. The van der Waals surface area contributed by atoms with E-state index in [-0.39, 0.29) is 18.9 Å². The van der Waals surface area contributed by atoms with Gasteiger partial charge in [-0.05, 0) is 26.0 Å². The first-order chi connectivity index (χ1) is 8.13. The summed E-state index contributed by atoms with van der Waals surface area (Å²) in [5, 5.41) is 11.5. The Morgan fingerprint density at radius 1 is 1.00 bits per heavy atom. The number of hydrogen-bond donors (Lipinski definition) is 1. The van der Waals surface area contributed by atoms with Gasteiger partial charge < -0.3 is 14.7 Å². The summed E-state index contributed by atoms with van der Waals surface area (Å²) in [7, 11) is 0. The molecule has 0 atom stereocenters. The minimum atomic E-state index is -0.557. The van der Waals surface area contributed by atoms with E-state index in [2.05, 4.69) is 14.6 Å². The molecule has 0 rings (SSSR count). The Morgan fingerprint density at radius 2 is 1.41 bits per heavy atom. The molecule has 0 aromatic heterocycles. The van der Waals surface area contributed by atoms with Crippen LogP contribution >= 0.6 is 0 Å². The molecule has 0 aliphatic rings. The van der Waals surface area contributed by atoms with Crippen molar-refractivity contribution in [1.82, 2.24) is 0 Å². The maximum Gasteiger partial charge on any atom is 0.330 e. The predicted molar refractivity (Wildman–Crippen MR) is 60.8 cm³/mol. The molecule has 6 heteroatoms. The van der Waals surface area contributed by atoms with Crippen LogP contribution in [0.3, 0.4) is 0 Å². The van der Waals surface area contributed by atoms with Crippen molar-refractivity contribution in [3.8, 4) is 0 Å². The fourth-order valence-electron chi connectivity index (χ4n) is 0.810. The zero-order chi connectivity index (χ0) is 13.1. The summed E-state index contributed by atoms with van der Waals surface area (Å²) in [6.45, 7) is 3.86. The van der Waals surface area contributed by atoms with Gasteiger partial charge in [-0.1, -0.05) is 5.16 Å². The Hall–Kier alpha value is -2.11. The summed E-state index contributed by atoms with van der Waals surface area (Å²) in [5.41, 5.74) is 0.0334. The smallest absolute Gasteiger partial charge is 0.330 e. The van der Waals surface area contributed by atoms with Crippen LogP contribution < -0.4 is 0 Å². The van der Waals surface area contributed by atoms with Crippen molar-refractivity contribution in [1.29, 1.82) is 0 Å². The zero-order valence-corrected chi connectivity index (χ0v) is 9.75. The fourth-order valence-corrected chi connectivity index (χ4v) is 0.810. The van der Waals surface area contributed by atoms with Crippen LogP contribution in [0.4, 0.5) is 0 Å². The van der Waals surface area contributed by atoms with E-state index in [1.165, 1.54) is 12.2 Å². The molecule has 0 amide bonds. The number of nitrogens with zero attached hydrogens (tertiary/aromatic N) is 1. The van der Waals surface area contributed by atoms with Crippen LogP contribution in [-0.2, 0) is 19.1 Å². The Morgan fingerprint density at radius 3 is 1.71 bits per heavy atom. The second kappa shape index (κ2) is 9.14. The van der Waals surface area contributed by atoms with E-state index in [0.29, 0.717) is 0 Å². The first kappa shape index (κ1) is 14.9. The number of hydrogen-bond acceptors (Lipinski definition) is 6. The maximum atomic E-state index is 10.9. The molecule has 0 unspecified atom stereocenters. The molecular formula is C11H15NO5. The minimum absolute atomic E-state index is 0.0334. The molecule has 0 aliphatic heterocycles. The van der Waals surface area contributed by atoms with Crippen LogP contribution in [0.15, 0.2) is 29.5 Å². The van der Waals surface area contributed by atoms with Gasteiger partial charge in [-0.25, -0.2) is 9.59 Å². The number of ether oxygens (including phenoxy) is 2. The van der Waals surface area contributed by atoms with Crippen LogP contribution in [0.2, 0.25) is 0 Å². The third kappa shape index (κ3) is 7.78. The van der Waals surface area contributed by atoms with E-state index < -0.39 is 11.9 Å². The average molecular weight is 241 g/mol. The third-order valence-corrected chi connectivity index (χ3v) is 1.47. The highest BCUT2D eigenvalue weighted by Gasteiger charge is 1.97. The van der Waals surface area contributed by atoms with Gasteiger partial charge in [0, 0.05) is 12.2 Å². The summed E-state index contributed by atoms with van der Waals surface area (Å²) in [6, 6.07) is 0. The van der Waals surface area contributed by atoms with E-state index in [1.54, 1.807) is 13.8 Å². The predicted octanol–water partition coefficient (Wildman–Crippen LogP) is 1.06. The van der Waals surface area contributed by atoms with Crippen molar-refractivity contribution in [2.24, 2.45) is 5.16 Å². The van der Waals surface area contributed by atoms with Crippen LogP contribution in [0.5, 0.6) is 0 Å². The largest absolute Gasteiger partial charge is 0.463 e. The summed E-state index contributed by atoms with van der Waals surface area (Å²) < 4.78 is 9.25. The highest BCUT2D eigenvalue weighted by molar-refractivity contribution is 6.08. The van der Waals surface area contributed by atoms with Gasteiger partial charge in [-0.3, -0.25) is 0 Å². The van der Waals surface area contributed by atoms with Gasteiger partial charge in [0.1, 0.15) is 5.71 Å². The maximum absolute atomic E-state index is 10.9. The standard InChI is InChI=1S/C11H15NO5/c1-3-16-10(13)7-5-9(12-15)6-8-11(14)17-4-2/h5-8,15H,3-4H2,1-2H3/b7-5+,8-6+. The number of carbonyl (C=O) groups excluding carboxylic acids is 2. The Labute approximate surface area is 99.2 Å². The molecule has 0 fully saturated rings. The second-order valence-corrected chi connectivity index (χ2v) is 2.70. The number of rotatable bonds is 6. The van der Waals surface area contributed by atoms with Crippen molar-refractivity contribution in [3.63, 3.8) is 0 Å². The molecule has 0 spiro atoms. The van der Waals surface area contributed by atoms with E-state index >= 15 is 0 Å². The van der Waals surface area contributed by atoms with Crippen LogP contribution in [-0.4, -0.2) is 36.1 Å². The van der Waals surface area contributed by atoms with Gasteiger partial charge in [0.2, 0.25) is 0 Å². The summed E-state index contributed by atoms with van der Waals surface area (Å²) in [6.07, 6.45) is 4.61. The lowest BCUT2D eigenvalue weighted by Crippen LogP contribution is -2.02. The molecule has 1 N–H and O–H groups in total. The van der Waals surface area contributed by atoms with Crippen LogP contribution in [0.25, 0.3) is 0 Å². The number of carbonyl (C=O) groups is 2.